The van der Waals surface area contributed by atoms with Crippen molar-refractivity contribution >= 4 is 16.6 Å². The van der Waals surface area contributed by atoms with E-state index in [4.69, 9.17) is 0 Å². The van der Waals surface area contributed by atoms with E-state index < -0.39 is 0 Å². The summed E-state index contributed by atoms with van der Waals surface area (Å²) in [5.74, 6) is 0. The highest BCUT2D eigenvalue weighted by Gasteiger charge is 2.22. The molecule has 1 fully saturated rings. The molecule has 1 aliphatic heterocycles. The number of fused-ring (bicyclic) bond motifs is 1. The first kappa shape index (κ1) is 14.3. The van der Waals surface area contributed by atoms with E-state index in [1.807, 2.05) is 18.2 Å². The third-order valence-electron chi connectivity index (χ3n) is 4.27. The summed E-state index contributed by atoms with van der Waals surface area (Å²) in [7, 11) is 2.18. The van der Waals surface area contributed by atoms with Crippen molar-refractivity contribution in [1.82, 2.24) is 9.88 Å². The van der Waals surface area contributed by atoms with Crippen LogP contribution < -0.4 is 4.90 Å². The van der Waals surface area contributed by atoms with Gasteiger partial charge in [0.05, 0.1) is 17.8 Å². The number of hydrogen-bond donors (Lipinski definition) is 1. The Morgan fingerprint density at radius 3 is 2.90 bits per heavy atom. The summed E-state index contributed by atoms with van der Waals surface area (Å²) < 4.78 is 0. The van der Waals surface area contributed by atoms with Crippen LogP contribution in [-0.2, 0) is 6.61 Å². The van der Waals surface area contributed by atoms with E-state index in [0.717, 1.165) is 37.3 Å². The van der Waals surface area contributed by atoms with E-state index in [0.29, 0.717) is 6.04 Å². The first-order valence-corrected chi connectivity index (χ1v) is 7.63. The lowest BCUT2D eigenvalue weighted by molar-refractivity contribution is 0.277. The van der Waals surface area contributed by atoms with Gasteiger partial charge in [0, 0.05) is 30.2 Å². The Morgan fingerprint density at radius 1 is 1.29 bits per heavy atom. The number of likely N-dealkylation sites (N-methyl/N-ethyl adjacent to an activating group) is 1. The van der Waals surface area contributed by atoms with Crippen molar-refractivity contribution in [2.75, 3.05) is 31.6 Å². The fourth-order valence-corrected chi connectivity index (χ4v) is 3.26. The van der Waals surface area contributed by atoms with Gasteiger partial charge in [0.25, 0.3) is 0 Å². The molecule has 4 heteroatoms. The Hall–Kier alpha value is -1.65. The number of rotatable bonds is 2. The standard InChI is InChI=1S/C17H23N3O/c1-13-11-19(2)8-5-9-20(13)17-10-14(12-21)18-16-7-4-3-6-15(16)17/h3-4,6-7,10,13,21H,5,8-9,11-12H2,1-2H3. The number of para-hydroxylation sites is 1. The summed E-state index contributed by atoms with van der Waals surface area (Å²) in [4.78, 5) is 9.38. The summed E-state index contributed by atoms with van der Waals surface area (Å²) in [5, 5.41) is 10.7. The average molecular weight is 285 g/mol. The monoisotopic (exact) mass is 285 g/mol. The molecule has 1 atom stereocenters. The second-order valence-corrected chi connectivity index (χ2v) is 5.97. The number of hydrogen-bond acceptors (Lipinski definition) is 4. The SMILES string of the molecule is CC1CN(C)CCCN1c1cc(CO)nc2ccccc12. The van der Waals surface area contributed by atoms with Crippen LogP contribution in [0.15, 0.2) is 30.3 Å². The van der Waals surface area contributed by atoms with Crippen LogP contribution in [0.4, 0.5) is 5.69 Å². The van der Waals surface area contributed by atoms with Gasteiger partial charge < -0.3 is 14.9 Å². The van der Waals surface area contributed by atoms with Gasteiger partial charge in [-0.3, -0.25) is 4.98 Å². The molecule has 1 N–H and O–H groups in total. The Labute approximate surface area is 126 Å². The third-order valence-corrected chi connectivity index (χ3v) is 4.27. The van der Waals surface area contributed by atoms with Gasteiger partial charge in [-0.05, 0) is 39.1 Å². The average Bonchev–Trinajstić information content (AvgIpc) is 2.66. The van der Waals surface area contributed by atoms with Crippen LogP contribution >= 0.6 is 0 Å². The second kappa shape index (κ2) is 6.00. The maximum atomic E-state index is 9.49. The van der Waals surface area contributed by atoms with Crippen LogP contribution in [-0.4, -0.2) is 47.7 Å². The van der Waals surface area contributed by atoms with Crippen LogP contribution in [0.5, 0.6) is 0 Å². The van der Waals surface area contributed by atoms with Crippen LogP contribution in [0.2, 0.25) is 0 Å². The second-order valence-electron chi connectivity index (χ2n) is 5.97. The highest BCUT2D eigenvalue weighted by atomic mass is 16.3. The molecular weight excluding hydrogens is 262 g/mol. The van der Waals surface area contributed by atoms with Crippen LogP contribution in [0.1, 0.15) is 19.0 Å². The van der Waals surface area contributed by atoms with E-state index in [1.54, 1.807) is 0 Å². The van der Waals surface area contributed by atoms with Gasteiger partial charge in [-0.2, -0.15) is 0 Å². The van der Waals surface area contributed by atoms with Crippen molar-refractivity contribution in [3.63, 3.8) is 0 Å². The van der Waals surface area contributed by atoms with E-state index in [2.05, 4.69) is 40.9 Å². The zero-order valence-electron chi connectivity index (χ0n) is 12.8. The van der Waals surface area contributed by atoms with Crippen molar-refractivity contribution in [1.29, 1.82) is 0 Å². The molecule has 0 amide bonds. The molecular formula is C17H23N3O. The van der Waals surface area contributed by atoms with E-state index in [9.17, 15) is 5.11 Å². The van der Waals surface area contributed by atoms with Crippen molar-refractivity contribution in [2.45, 2.75) is 26.0 Å². The molecule has 0 aliphatic carbocycles. The number of pyridine rings is 1. The highest BCUT2D eigenvalue weighted by Crippen LogP contribution is 2.29. The maximum Gasteiger partial charge on any atom is 0.0854 e. The number of aromatic nitrogens is 1. The zero-order valence-corrected chi connectivity index (χ0v) is 12.8. The molecule has 0 bridgehead atoms. The largest absolute Gasteiger partial charge is 0.390 e. The van der Waals surface area contributed by atoms with Gasteiger partial charge in [-0.1, -0.05) is 18.2 Å². The molecule has 112 valence electrons. The van der Waals surface area contributed by atoms with Crippen molar-refractivity contribution in [2.24, 2.45) is 0 Å². The molecule has 1 unspecified atom stereocenters. The van der Waals surface area contributed by atoms with E-state index in [-0.39, 0.29) is 6.61 Å². The molecule has 2 aromatic rings. The molecule has 0 radical (unpaired) electrons. The number of aliphatic hydroxyl groups is 1. The normalized spacial score (nSPS) is 20.7. The Morgan fingerprint density at radius 2 is 2.10 bits per heavy atom. The molecule has 3 rings (SSSR count). The Bertz CT molecular complexity index is 628. The molecule has 1 aliphatic rings. The molecule has 1 aromatic carbocycles. The van der Waals surface area contributed by atoms with Gasteiger partial charge in [0.1, 0.15) is 0 Å². The number of nitrogens with zero attached hydrogens (tertiary/aromatic N) is 3. The zero-order chi connectivity index (χ0) is 14.8. The fraction of sp³-hybridized carbons (Fsp3) is 0.471. The number of benzene rings is 1. The van der Waals surface area contributed by atoms with Crippen molar-refractivity contribution in [3.05, 3.63) is 36.0 Å². The van der Waals surface area contributed by atoms with Crippen LogP contribution in [0.3, 0.4) is 0 Å². The highest BCUT2D eigenvalue weighted by molar-refractivity contribution is 5.92. The minimum Gasteiger partial charge on any atom is -0.390 e. The Kier molecular flexibility index (Phi) is 4.08. The predicted octanol–water partition coefficient (Wildman–Crippen LogP) is 2.26. The van der Waals surface area contributed by atoms with Crippen LogP contribution in [0.25, 0.3) is 10.9 Å². The molecule has 1 saturated heterocycles. The summed E-state index contributed by atoms with van der Waals surface area (Å²) >= 11 is 0. The minimum atomic E-state index is -0.0139. The van der Waals surface area contributed by atoms with Crippen molar-refractivity contribution < 1.29 is 5.11 Å². The minimum absolute atomic E-state index is 0.0139. The lowest BCUT2D eigenvalue weighted by atomic mass is 10.1. The molecule has 4 nitrogen and oxygen atoms in total. The quantitative estimate of drug-likeness (QED) is 0.919. The molecule has 1 aromatic heterocycles. The first-order chi connectivity index (χ1) is 10.2. The Balaban J connectivity index is 2.09. The lowest BCUT2D eigenvalue weighted by Crippen LogP contribution is -2.38. The van der Waals surface area contributed by atoms with E-state index in [1.165, 1.54) is 11.1 Å². The number of anilines is 1. The predicted molar refractivity (Wildman–Crippen MR) is 86.6 cm³/mol. The molecule has 21 heavy (non-hydrogen) atoms. The van der Waals surface area contributed by atoms with Gasteiger partial charge in [-0.15, -0.1) is 0 Å². The van der Waals surface area contributed by atoms with Crippen molar-refractivity contribution in [3.8, 4) is 0 Å². The topological polar surface area (TPSA) is 39.6 Å². The molecule has 0 spiro atoms. The summed E-state index contributed by atoms with van der Waals surface area (Å²) in [6, 6.07) is 10.7. The van der Waals surface area contributed by atoms with Gasteiger partial charge in [-0.25, -0.2) is 0 Å². The summed E-state index contributed by atoms with van der Waals surface area (Å²) in [6.45, 7) is 5.50. The smallest absolute Gasteiger partial charge is 0.0854 e. The summed E-state index contributed by atoms with van der Waals surface area (Å²) in [5.41, 5.74) is 2.91. The lowest BCUT2D eigenvalue weighted by Gasteiger charge is -2.31. The maximum absolute atomic E-state index is 9.49. The molecule has 2 heterocycles. The van der Waals surface area contributed by atoms with Crippen LogP contribution in [0, 0.1) is 0 Å². The number of aliphatic hydroxyl groups excluding tert-OH is 1. The summed E-state index contributed by atoms with van der Waals surface area (Å²) in [6.07, 6.45) is 1.16. The first-order valence-electron chi connectivity index (χ1n) is 7.63. The van der Waals surface area contributed by atoms with Gasteiger partial charge in [0.15, 0.2) is 0 Å². The van der Waals surface area contributed by atoms with E-state index >= 15 is 0 Å². The third kappa shape index (κ3) is 2.87. The van der Waals surface area contributed by atoms with Gasteiger partial charge in [0.2, 0.25) is 0 Å². The fourth-order valence-electron chi connectivity index (χ4n) is 3.26. The van der Waals surface area contributed by atoms with Gasteiger partial charge >= 0.3 is 0 Å². The molecule has 0 saturated carbocycles.